The standard InChI is InChI=1S/C14H16O5/c1-7-8(2)19-14(17)12-11(7)5-4-10(13(12)16)6-18-9(3)15/h4-5,7-8,16H,6H2,1-3H3/t7-,8-/m1/s1. The molecule has 2 rings (SSSR count). The van der Waals surface area contributed by atoms with Gasteiger partial charge in [0.2, 0.25) is 0 Å². The monoisotopic (exact) mass is 264 g/mol. The normalized spacial score (nSPS) is 21.5. The molecular weight excluding hydrogens is 248 g/mol. The summed E-state index contributed by atoms with van der Waals surface area (Å²) >= 11 is 0. The molecule has 0 bridgehead atoms. The number of hydrogen-bond donors (Lipinski definition) is 1. The van der Waals surface area contributed by atoms with E-state index in [1.54, 1.807) is 12.1 Å². The molecule has 1 aromatic carbocycles. The average Bonchev–Trinajstić information content (AvgIpc) is 2.34. The fraction of sp³-hybridized carbons (Fsp3) is 0.429. The fourth-order valence-corrected chi connectivity index (χ4v) is 2.12. The van der Waals surface area contributed by atoms with Gasteiger partial charge in [-0.2, -0.15) is 0 Å². The molecule has 2 atom stereocenters. The third kappa shape index (κ3) is 2.41. The zero-order valence-corrected chi connectivity index (χ0v) is 11.1. The van der Waals surface area contributed by atoms with Crippen LogP contribution in [0.1, 0.15) is 48.2 Å². The number of cyclic esters (lactones) is 1. The smallest absolute Gasteiger partial charge is 0.342 e. The topological polar surface area (TPSA) is 72.8 Å². The summed E-state index contributed by atoms with van der Waals surface area (Å²) in [7, 11) is 0. The molecule has 0 saturated carbocycles. The van der Waals surface area contributed by atoms with Gasteiger partial charge in [0.05, 0.1) is 0 Å². The Labute approximate surface area is 111 Å². The van der Waals surface area contributed by atoms with Crippen LogP contribution in [0.4, 0.5) is 0 Å². The molecule has 0 spiro atoms. The summed E-state index contributed by atoms with van der Waals surface area (Å²) in [5.74, 6) is -1.13. The van der Waals surface area contributed by atoms with Crippen LogP contribution in [0.15, 0.2) is 12.1 Å². The van der Waals surface area contributed by atoms with Gasteiger partial charge in [-0.1, -0.05) is 19.1 Å². The molecule has 0 fully saturated rings. The third-order valence-corrected chi connectivity index (χ3v) is 3.42. The SMILES string of the molecule is CC(=O)OCc1ccc2c(c1O)C(=O)O[C@H](C)[C@H]2C. The predicted octanol–water partition coefficient (Wildman–Crippen LogP) is 2.12. The first kappa shape index (κ1) is 13.4. The molecule has 1 aliphatic rings. The van der Waals surface area contributed by atoms with Crippen molar-refractivity contribution in [1.82, 2.24) is 0 Å². The van der Waals surface area contributed by atoms with Crippen LogP contribution in [-0.4, -0.2) is 23.1 Å². The lowest BCUT2D eigenvalue weighted by Crippen LogP contribution is -2.28. The molecule has 102 valence electrons. The van der Waals surface area contributed by atoms with Gasteiger partial charge in [-0.3, -0.25) is 4.79 Å². The number of phenols is 1. The minimum atomic E-state index is -0.539. The summed E-state index contributed by atoms with van der Waals surface area (Å²) in [6.07, 6.45) is -0.223. The maximum atomic E-state index is 11.9. The lowest BCUT2D eigenvalue weighted by atomic mass is 9.87. The van der Waals surface area contributed by atoms with Gasteiger partial charge in [0, 0.05) is 18.4 Å². The van der Waals surface area contributed by atoms with Crippen molar-refractivity contribution in [1.29, 1.82) is 0 Å². The second-order valence-corrected chi connectivity index (χ2v) is 4.72. The molecule has 5 heteroatoms. The predicted molar refractivity (Wildman–Crippen MR) is 66.9 cm³/mol. The van der Waals surface area contributed by atoms with Gasteiger partial charge in [0.25, 0.3) is 0 Å². The highest BCUT2D eigenvalue weighted by atomic mass is 16.5. The summed E-state index contributed by atoms with van der Waals surface area (Å²) in [4.78, 5) is 22.6. The lowest BCUT2D eigenvalue weighted by molar-refractivity contribution is -0.142. The summed E-state index contributed by atoms with van der Waals surface area (Å²) in [5.41, 5.74) is 1.33. The third-order valence-electron chi connectivity index (χ3n) is 3.42. The highest BCUT2D eigenvalue weighted by molar-refractivity contribution is 5.96. The zero-order chi connectivity index (χ0) is 14.2. The minimum Gasteiger partial charge on any atom is -0.507 e. The van der Waals surface area contributed by atoms with Crippen LogP contribution in [0.2, 0.25) is 0 Å². The van der Waals surface area contributed by atoms with Crippen LogP contribution in [0.5, 0.6) is 5.75 Å². The van der Waals surface area contributed by atoms with Crippen molar-refractivity contribution in [3.05, 3.63) is 28.8 Å². The van der Waals surface area contributed by atoms with Crippen LogP contribution >= 0.6 is 0 Å². The van der Waals surface area contributed by atoms with E-state index in [1.165, 1.54) is 6.92 Å². The summed E-state index contributed by atoms with van der Waals surface area (Å²) in [5, 5.41) is 10.1. The van der Waals surface area contributed by atoms with E-state index in [2.05, 4.69) is 0 Å². The van der Waals surface area contributed by atoms with Crippen molar-refractivity contribution < 1.29 is 24.2 Å². The van der Waals surface area contributed by atoms with Crippen molar-refractivity contribution in [2.75, 3.05) is 0 Å². The Hall–Kier alpha value is -2.04. The molecule has 0 amide bonds. The second kappa shape index (κ2) is 4.91. The van der Waals surface area contributed by atoms with Crippen molar-refractivity contribution in [2.45, 2.75) is 39.4 Å². The van der Waals surface area contributed by atoms with Gasteiger partial charge < -0.3 is 14.6 Å². The molecule has 1 N–H and O–H groups in total. The van der Waals surface area contributed by atoms with E-state index in [4.69, 9.17) is 9.47 Å². The summed E-state index contributed by atoms with van der Waals surface area (Å²) in [6, 6.07) is 3.44. The van der Waals surface area contributed by atoms with E-state index in [0.29, 0.717) is 5.56 Å². The number of rotatable bonds is 2. The van der Waals surface area contributed by atoms with Crippen molar-refractivity contribution in [3.8, 4) is 5.75 Å². The Morgan fingerprint density at radius 3 is 2.74 bits per heavy atom. The Balaban J connectivity index is 2.41. The van der Waals surface area contributed by atoms with E-state index in [9.17, 15) is 14.7 Å². The van der Waals surface area contributed by atoms with Gasteiger partial charge in [0.15, 0.2) is 0 Å². The van der Waals surface area contributed by atoms with Crippen LogP contribution < -0.4 is 0 Å². The molecule has 19 heavy (non-hydrogen) atoms. The number of phenolic OH excluding ortho intramolecular Hbond substituents is 1. The molecule has 5 nitrogen and oxygen atoms in total. The first-order chi connectivity index (χ1) is 8.91. The summed E-state index contributed by atoms with van der Waals surface area (Å²) in [6.45, 7) is 4.97. The molecule has 1 aliphatic heterocycles. The van der Waals surface area contributed by atoms with Gasteiger partial charge in [0.1, 0.15) is 24.0 Å². The Kier molecular flexibility index (Phi) is 3.46. The van der Waals surface area contributed by atoms with Crippen molar-refractivity contribution >= 4 is 11.9 Å². The van der Waals surface area contributed by atoms with Crippen LogP contribution in [-0.2, 0) is 20.9 Å². The van der Waals surface area contributed by atoms with E-state index < -0.39 is 11.9 Å². The van der Waals surface area contributed by atoms with Gasteiger partial charge in [-0.05, 0) is 12.5 Å². The number of fused-ring (bicyclic) bond motifs is 1. The number of carbonyl (C=O) groups is 2. The molecule has 0 saturated heterocycles. The quantitative estimate of drug-likeness (QED) is 0.828. The average molecular weight is 264 g/mol. The second-order valence-electron chi connectivity index (χ2n) is 4.72. The molecule has 0 aromatic heterocycles. The molecule has 0 aliphatic carbocycles. The maximum Gasteiger partial charge on any atom is 0.342 e. The first-order valence-electron chi connectivity index (χ1n) is 6.11. The number of benzene rings is 1. The zero-order valence-electron chi connectivity index (χ0n) is 11.1. The molecular formula is C14H16O5. The maximum absolute atomic E-state index is 11.9. The van der Waals surface area contributed by atoms with E-state index in [1.807, 2.05) is 13.8 Å². The number of hydrogen-bond acceptors (Lipinski definition) is 5. The molecule has 1 aromatic rings. The van der Waals surface area contributed by atoms with Crippen LogP contribution in [0, 0.1) is 0 Å². The highest BCUT2D eigenvalue weighted by Gasteiger charge is 2.33. The Morgan fingerprint density at radius 2 is 2.11 bits per heavy atom. The Morgan fingerprint density at radius 1 is 1.42 bits per heavy atom. The molecule has 0 radical (unpaired) electrons. The number of carbonyl (C=O) groups excluding carboxylic acids is 2. The minimum absolute atomic E-state index is 0.0152. The fourth-order valence-electron chi connectivity index (χ4n) is 2.12. The van der Waals surface area contributed by atoms with E-state index in [0.717, 1.165) is 5.56 Å². The first-order valence-corrected chi connectivity index (χ1v) is 6.11. The van der Waals surface area contributed by atoms with Crippen molar-refractivity contribution in [2.24, 2.45) is 0 Å². The molecule has 0 unspecified atom stereocenters. The number of ether oxygens (including phenoxy) is 2. The van der Waals surface area contributed by atoms with Gasteiger partial charge >= 0.3 is 11.9 Å². The van der Waals surface area contributed by atoms with E-state index >= 15 is 0 Å². The van der Waals surface area contributed by atoms with E-state index in [-0.39, 0.29) is 29.9 Å². The lowest BCUT2D eigenvalue weighted by Gasteiger charge is -2.29. The Bertz CT molecular complexity index is 535. The summed E-state index contributed by atoms with van der Waals surface area (Å²) < 4.78 is 10.0. The molecule has 1 heterocycles. The largest absolute Gasteiger partial charge is 0.507 e. The van der Waals surface area contributed by atoms with Gasteiger partial charge in [-0.15, -0.1) is 0 Å². The van der Waals surface area contributed by atoms with Gasteiger partial charge in [-0.25, -0.2) is 4.79 Å². The number of esters is 2. The van der Waals surface area contributed by atoms with Crippen LogP contribution in [0.25, 0.3) is 0 Å². The highest BCUT2D eigenvalue weighted by Crippen LogP contribution is 2.37. The van der Waals surface area contributed by atoms with Crippen LogP contribution in [0.3, 0.4) is 0 Å². The van der Waals surface area contributed by atoms with Crippen molar-refractivity contribution in [3.63, 3.8) is 0 Å². The number of aromatic hydroxyl groups is 1.